The molecule has 126 valence electrons. The molecule has 0 spiro atoms. The first-order valence-corrected chi connectivity index (χ1v) is 7.01. The molecule has 2 aromatic rings. The lowest BCUT2D eigenvalue weighted by Crippen LogP contribution is -2.39. The van der Waals surface area contributed by atoms with Crippen molar-refractivity contribution in [2.75, 3.05) is 33.9 Å². The van der Waals surface area contributed by atoms with Crippen LogP contribution in [0, 0.1) is 0 Å². The van der Waals surface area contributed by atoms with E-state index in [0.717, 1.165) is 0 Å². The monoisotopic (exact) mass is 432 g/mol. The molecule has 0 aliphatic carbocycles. The highest BCUT2D eigenvalue weighted by atomic mass is 127. The van der Waals surface area contributed by atoms with Gasteiger partial charge in [0.25, 0.3) is 5.89 Å². The quantitative estimate of drug-likeness (QED) is 0.293. The van der Waals surface area contributed by atoms with Crippen molar-refractivity contribution in [1.82, 2.24) is 25.8 Å². The molecule has 2 N–H and O–H groups in total. The first-order valence-electron chi connectivity index (χ1n) is 7.01. The summed E-state index contributed by atoms with van der Waals surface area (Å²) < 4.78 is 10.2. The van der Waals surface area contributed by atoms with Gasteiger partial charge in [0.15, 0.2) is 11.8 Å². The first kappa shape index (κ1) is 19.3. The second-order valence-corrected chi connectivity index (χ2v) is 4.40. The van der Waals surface area contributed by atoms with Crippen LogP contribution in [0.4, 0.5) is 0 Å². The number of guanidine groups is 1. The fourth-order valence-electron chi connectivity index (χ4n) is 1.73. The van der Waals surface area contributed by atoms with Crippen LogP contribution >= 0.6 is 24.0 Å². The van der Waals surface area contributed by atoms with Crippen LogP contribution in [-0.2, 0) is 11.2 Å². The third-order valence-electron chi connectivity index (χ3n) is 2.82. The van der Waals surface area contributed by atoms with Crippen LogP contribution in [0.1, 0.15) is 5.82 Å². The van der Waals surface area contributed by atoms with Gasteiger partial charge >= 0.3 is 0 Å². The molecule has 2 heterocycles. The summed E-state index contributed by atoms with van der Waals surface area (Å²) in [5, 5.41) is 10.2. The average Bonchev–Trinajstić information content (AvgIpc) is 3.03. The molecule has 0 aliphatic heterocycles. The molecule has 2 rings (SSSR count). The minimum Gasteiger partial charge on any atom is -0.383 e. The maximum absolute atomic E-state index is 5.20. The van der Waals surface area contributed by atoms with Crippen molar-refractivity contribution in [3.05, 3.63) is 30.2 Å². The van der Waals surface area contributed by atoms with Gasteiger partial charge in [-0.2, -0.15) is 4.98 Å². The molecule has 0 unspecified atom stereocenters. The van der Waals surface area contributed by atoms with Crippen molar-refractivity contribution >= 4 is 29.9 Å². The van der Waals surface area contributed by atoms with E-state index in [4.69, 9.17) is 9.26 Å². The fourth-order valence-corrected chi connectivity index (χ4v) is 1.73. The average molecular weight is 432 g/mol. The SMILES string of the molecule is CN=C(NCCOC)NCCc1noc(-c2ccccn2)n1.I. The lowest BCUT2D eigenvalue weighted by Gasteiger charge is -2.10. The lowest BCUT2D eigenvalue weighted by atomic mass is 10.3. The molecule has 0 saturated carbocycles. The molecule has 0 bridgehead atoms. The highest BCUT2D eigenvalue weighted by Crippen LogP contribution is 2.12. The molecular weight excluding hydrogens is 411 g/mol. The summed E-state index contributed by atoms with van der Waals surface area (Å²) in [7, 11) is 3.38. The van der Waals surface area contributed by atoms with Crippen LogP contribution in [0.2, 0.25) is 0 Å². The maximum atomic E-state index is 5.20. The van der Waals surface area contributed by atoms with Crippen LogP contribution in [0.5, 0.6) is 0 Å². The molecule has 9 heteroatoms. The highest BCUT2D eigenvalue weighted by molar-refractivity contribution is 14.0. The zero-order chi connectivity index (χ0) is 15.6. The van der Waals surface area contributed by atoms with E-state index in [0.29, 0.717) is 49.5 Å². The minimum absolute atomic E-state index is 0. The van der Waals surface area contributed by atoms with Crippen LogP contribution in [0.3, 0.4) is 0 Å². The number of aliphatic imine (C=N–C) groups is 1. The first-order chi connectivity index (χ1) is 10.8. The third-order valence-corrected chi connectivity index (χ3v) is 2.82. The zero-order valence-corrected chi connectivity index (χ0v) is 15.5. The number of ether oxygens (including phenoxy) is 1. The van der Waals surface area contributed by atoms with Gasteiger partial charge in [0.1, 0.15) is 5.69 Å². The van der Waals surface area contributed by atoms with Gasteiger partial charge in [0.05, 0.1) is 6.61 Å². The van der Waals surface area contributed by atoms with Gasteiger partial charge in [-0.1, -0.05) is 11.2 Å². The number of hydrogen-bond acceptors (Lipinski definition) is 6. The highest BCUT2D eigenvalue weighted by Gasteiger charge is 2.09. The lowest BCUT2D eigenvalue weighted by molar-refractivity contribution is 0.203. The summed E-state index contributed by atoms with van der Waals surface area (Å²) in [5.41, 5.74) is 0.672. The molecule has 0 atom stereocenters. The van der Waals surface area contributed by atoms with Crippen molar-refractivity contribution in [3.63, 3.8) is 0 Å². The second kappa shape index (κ2) is 10.9. The molecule has 0 fully saturated rings. The molecule has 0 amide bonds. The predicted molar refractivity (Wildman–Crippen MR) is 97.9 cm³/mol. The molecular formula is C14H21IN6O2. The Bertz CT molecular complexity index is 590. The van der Waals surface area contributed by atoms with Crippen molar-refractivity contribution in [2.45, 2.75) is 6.42 Å². The van der Waals surface area contributed by atoms with Gasteiger partial charge in [-0.3, -0.25) is 9.98 Å². The smallest absolute Gasteiger partial charge is 0.276 e. The molecule has 0 aliphatic rings. The minimum atomic E-state index is 0. The molecule has 8 nitrogen and oxygen atoms in total. The van der Waals surface area contributed by atoms with Gasteiger partial charge in [-0.25, -0.2) is 0 Å². The Morgan fingerprint density at radius 2 is 2.13 bits per heavy atom. The van der Waals surface area contributed by atoms with E-state index in [1.54, 1.807) is 20.4 Å². The Kier molecular flexibility index (Phi) is 9.14. The van der Waals surface area contributed by atoms with E-state index < -0.39 is 0 Å². The largest absolute Gasteiger partial charge is 0.383 e. The predicted octanol–water partition coefficient (Wildman–Crippen LogP) is 1.10. The summed E-state index contributed by atoms with van der Waals surface area (Å²) in [5.74, 6) is 1.77. The normalized spacial score (nSPS) is 11.0. The molecule has 0 aromatic carbocycles. The van der Waals surface area contributed by atoms with Crippen LogP contribution in [0.15, 0.2) is 33.9 Å². The Labute approximate surface area is 152 Å². The molecule has 0 saturated heterocycles. The van der Waals surface area contributed by atoms with Crippen molar-refractivity contribution in [2.24, 2.45) is 4.99 Å². The zero-order valence-electron chi connectivity index (χ0n) is 13.2. The van der Waals surface area contributed by atoms with Gasteiger partial charge in [-0.05, 0) is 12.1 Å². The van der Waals surface area contributed by atoms with E-state index in [9.17, 15) is 0 Å². The molecule has 2 aromatic heterocycles. The van der Waals surface area contributed by atoms with Crippen LogP contribution in [0.25, 0.3) is 11.6 Å². The Morgan fingerprint density at radius 3 is 2.83 bits per heavy atom. The maximum Gasteiger partial charge on any atom is 0.276 e. The summed E-state index contributed by atoms with van der Waals surface area (Å²) in [6.45, 7) is 1.97. The number of pyridine rings is 1. The van der Waals surface area contributed by atoms with Gasteiger partial charge < -0.3 is 19.9 Å². The van der Waals surface area contributed by atoms with Crippen molar-refractivity contribution in [3.8, 4) is 11.6 Å². The van der Waals surface area contributed by atoms with E-state index >= 15 is 0 Å². The Balaban J connectivity index is 0.00000264. The number of hydrogen-bond donors (Lipinski definition) is 2. The number of aromatic nitrogens is 3. The van der Waals surface area contributed by atoms with E-state index in [1.807, 2.05) is 18.2 Å². The van der Waals surface area contributed by atoms with Gasteiger partial charge in [0.2, 0.25) is 0 Å². The fraction of sp³-hybridized carbons (Fsp3) is 0.429. The van der Waals surface area contributed by atoms with E-state index in [1.165, 1.54) is 0 Å². The third kappa shape index (κ3) is 6.48. The molecule has 0 radical (unpaired) electrons. The number of nitrogens with zero attached hydrogens (tertiary/aromatic N) is 4. The summed E-state index contributed by atoms with van der Waals surface area (Å²) in [4.78, 5) is 12.6. The van der Waals surface area contributed by atoms with Crippen molar-refractivity contribution < 1.29 is 9.26 Å². The number of rotatable bonds is 7. The van der Waals surface area contributed by atoms with Gasteiger partial charge in [-0.15, -0.1) is 24.0 Å². The second-order valence-electron chi connectivity index (χ2n) is 4.40. The van der Waals surface area contributed by atoms with Crippen molar-refractivity contribution in [1.29, 1.82) is 0 Å². The van der Waals surface area contributed by atoms with Gasteiger partial charge in [0, 0.05) is 39.9 Å². The topological polar surface area (TPSA) is 97.5 Å². The number of methoxy groups -OCH3 is 1. The van der Waals surface area contributed by atoms with Crippen LogP contribution < -0.4 is 10.6 Å². The Hall–Kier alpha value is -1.75. The number of halogens is 1. The van der Waals surface area contributed by atoms with E-state index in [2.05, 4.69) is 30.8 Å². The summed E-state index contributed by atoms with van der Waals surface area (Å²) in [6.07, 6.45) is 2.32. The standard InChI is InChI=1S/C14H20N6O2.HI/c1-15-14(18-9-10-21-2)17-8-6-12-19-13(22-20-12)11-5-3-4-7-16-11;/h3-5,7H,6,8-10H2,1-2H3,(H2,15,17,18);1H. The van der Waals surface area contributed by atoms with Crippen LogP contribution in [-0.4, -0.2) is 54.9 Å². The summed E-state index contributed by atoms with van der Waals surface area (Å²) >= 11 is 0. The van der Waals surface area contributed by atoms with E-state index in [-0.39, 0.29) is 24.0 Å². The number of nitrogens with one attached hydrogen (secondary N) is 2. The Morgan fingerprint density at radius 1 is 1.30 bits per heavy atom. The molecule has 23 heavy (non-hydrogen) atoms. The summed E-state index contributed by atoms with van der Waals surface area (Å²) in [6, 6.07) is 5.55.